The molecule has 0 unspecified atom stereocenters. The van der Waals surface area contributed by atoms with Gasteiger partial charge >= 0.3 is 5.97 Å². The second kappa shape index (κ2) is 8.67. The summed E-state index contributed by atoms with van der Waals surface area (Å²) in [5.74, 6) is -2.18. The molecule has 0 atom stereocenters. The van der Waals surface area contributed by atoms with Crippen molar-refractivity contribution in [3.63, 3.8) is 0 Å². The van der Waals surface area contributed by atoms with Gasteiger partial charge in [-0.1, -0.05) is 12.1 Å². The normalized spacial score (nSPS) is 10.2. The quantitative estimate of drug-likeness (QED) is 0.320. The van der Waals surface area contributed by atoms with Crippen LogP contribution in [0, 0.1) is 15.9 Å². The summed E-state index contributed by atoms with van der Waals surface area (Å²) in [6, 6.07) is 8.41. The summed E-state index contributed by atoms with van der Waals surface area (Å²) < 4.78 is 18.0. The maximum atomic E-state index is 13.1. The van der Waals surface area contributed by atoms with Crippen LogP contribution in [-0.2, 0) is 4.74 Å². The minimum atomic E-state index is -0.959. The number of ketones is 1. The van der Waals surface area contributed by atoms with Gasteiger partial charge in [-0.3, -0.25) is 14.9 Å². The average Bonchev–Trinajstić information content (AvgIpc) is 2.63. The summed E-state index contributed by atoms with van der Waals surface area (Å²) >= 11 is 0. The summed E-state index contributed by atoms with van der Waals surface area (Å²) in [6.45, 7) is -0.756. The van der Waals surface area contributed by atoms with E-state index in [2.05, 4.69) is 5.32 Å². The monoisotopic (exact) mass is 362 g/mol. The van der Waals surface area contributed by atoms with Crippen LogP contribution in [0.2, 0.25) is 0 Å². The van der Waals surface area contributed by atoms with Gasteiger partial charge in [0.25, 0.3) is 5.69 Å². The van der Waals surface area contributed by atoms with E-state index in [1.165, 1.54) is 30.3 Å². The number of carbonyl (C=O) groups is 2. The Balaban J connectivity index is 2.15. The number of anilines is 1. The van der Waals surface area contributed by atoms with Crippen LogP contribution in [0.3, 0.4) is 0 Å². The summed E-state index contributed by atoms with van der Waals surface area (Å²) in [5.41, 5.74) is -0.231. The SMILES string of the molecule is O=C(COC(=O)c1cc([N+](=O)[O-])ccc1NCCO)c1cccc(F)c1. The first-order valence-electron chi connectivity index (χ1n) is 7.51. The van der Waals surface area contributed by atoms with Crippen molar-refractivity contribution >= 4 is 23.1 Å². The van der Waals surface area contributed by atoms with Crippen LogP contribution in [0.4, 0.5) is 15.8 Å². The molecule has 2 N–H and O–H groups in total. The van der Waals surface area contributed by atoms with Crippen molar-refractivity contribution in [1.82, 2.24) is 0 Å². The molecule has 2 aromatic rings. The Kier molecular flexibility index (Phi) is 6.34. The summed E-state index contributed by atoms with van der Waals surface area (Å²) in [6.07, 6.45) is 0. The third kappa shape index (κ3) is 4.84. The molecule has 0 aliphatic rings. The molecule has 0 heterocycles. The summed E-state index contributed by atoms with van der Waals surface area (Å²) in [5, 5.41) is 22.5. The molecule has 2 aromatic carbocycles. The minimum Gasteiger partial charge on any atom is -0.454 e. The van der Waals surface area contributed by atoms with Gasteiger partial charge in [-0.05, 0) is 18.2 Å². The molecular formula is C17H15FN2O6. The maximum absolute atomic E-state index is 13.1. The van der Waals surface area contributed by atoms with Gasteiger partial charge < -0.3 is 15.2 Å². The number of nitrogens with one attached hydrogen (secondary N) is 1. The van der Waals surface area contributed by atoms with Crippen LogP contribution in [0.15, 0.2) is 42.5 Å². The van der Waals surface area contributed by atoms with Crippen molar-refractivity contribution in [1.29, 1.82) is 0 Å². The number of aliphatic hydroxyl groups excluding tert-OH is 1. The number of hydrogen-bond acceptors (Lipinski definition) is 7. The Hall–Kier alpha value is -3.33. The number of rotatable bonds is 8. The third-order valence-corrected chi connectivity index (χ3v) is 3.34. The van der Waals surface area contributed by atoms with E-state index in [0.29, 0.717) is 0 Å². The molecule has 0 fully saturated rings. The van der Waals surface area contributed by atoms with Crippen molar-refractivity contribution in [2.24, 2.45) is 0 Å². The van der Waals surface area contributed by atoms with Gasteiger partial charge in [0.05, 0.1) is 17.1 Å². The molecule has 0 saturated carbocycles. The van der Waals surface area contributed by atoms with E-state index in [0.717, 1.165) is 12.1 Å². The predicted octanol–water partition coefficient (Wildman–Crippen LogP) is 2.18. The Morgan fingerprint density at radius 1 is 1.23 bits per heavy atom. The Labute approximate surface area is 147 Å². The number of halogens is 1. The molecular weight excluding hydrogens is 347 g/mol. The van der Waals surface area contributed by atoms with E-state index in [-0.39, 0.29) is 35.7 Å². The fourth-order valence-corrected chi connectivity index (χ4v) is 2.11. The summed E-state index contributed by atoms with van der Waals surface area (Å²) in [4.78, 5) is 34.4. The first-order chi connectivity index (χ1) is 12.4. The van der Waals surface area contributed by atoms with Crippen molar-refractivity contribution in [2.75, 3.05) is 25.1 Å². The average molecular weight is 362 g/mol. The van der Waals surface area contributed by atoms with E-state index in [1.54, 1.807) is 0 Å². The smallest absolute Gasteiger partial charge is 0.340 e. The highest BCUT2D eigenvalue weighted by Gasteiger charge is 2.19. The fourth-order valence-electron chi connectivity index (χ4n) is 2.11. The zero-order valence-corrected chi connectivity index (χ0v) is 13.5. The van der Waals surface area contributed by atoms with Gasteiger partial charge in [0.1, 0.15) is 5.82 Å². The van der Waals surface area contributed by atoms with Gasteiger partial charge in [-0.15, -0.1) is 0 Å². The molecule has 0 aliphatic heterocycles. The van der Waals surface area contributed by atoms with Gasteiger partial charge in [0, 0.05) is 29.9 Å². The van der Waals surface area contributed by atoms with Crippen LogP contribution in [0.5, 0.6) is 0 Å². The molecule has 2 rings (SSSR count). The highest BCUT2D eigenvalue weighted by molar-refractivity contribution is 6.01. The molecule has 26 heavy (non-hydrogen) atoms. The molecule has 0 aromatic heterocycles. The lowest BCUT2D eigenvalue weighted by atomic mass is 10.1. The number of esters is 1. The number of ether oxygens (including phenoxy) is 1. The van der Waals surface area contributed by atoms with Gasteiger partial charge in [-0.25, -0.2) is 9.18 Å². The van der Waals surface area contributed by atoms with Crippen molar-refractivity contribution in [3.8, 4) is 0 Å². The van der Waals surface area contributed by atoms with Crippen LogP contribution >= 0.6 is 0 Å². The largest absolute Gasteiger partial charge is 0.454 e. The van der Waals surface area contributed by atoms with E-state index < -0.39 is 29.1 Å². The number of nitro groups is 1. The lowest BCUT2D eigenvalue weighted by Gasteiger charge is -2.11. The highest BCUT2D eigenvalue weighted by atomic mass is 19.1. The van der Waals surface area contributed by atoms with Crippen molar-refractivity contribution in [2.45, 2.75) is 0 Å². The molecule has 0 saturated heterocycles. The highest BCUT2D eigenvalue weighted by Crippen LogP contribution is 2.23. The van der Waals surface area contributed by atoms with Crippen molar-refractivity contribution < 1.29 is 28.7 Å². The minimum absolute atomic E-state index is 0.0375. The predicted molar refractivity (Wildman–Crippen MR) is 89.7 cm³/mol. The molecule has 0 radical (unpaired) electrons. The molecule has 0 amide bonds. The Morgan fingerprint density at radius 3 is 2.65 bits per heavy atom. The number of Topliss-reactive ketones (excluding diaryl/α,β-unsaturated/α-hetero) is 1. The molecule has 0 aliphatic carbocycles. The number of nitro benzene ring substituents is 1. The van der Waals surface area contributed by atoms with Crippen LogP contribution < -0.4 is 5.32 Å². The maximum Gasteiger partial charge on any atom is 0.340 e. The fraction of sp³-hybridized carbons (Fsp3) is 0.176. The van der Waals surface area contributed by atoms with Gasteiger partial charge in [0.15, 0.2) is 12.4 Å². The van der Waals surface area contributed by atoms with E-state index >= 15 is 0 Å². The van der Waals surface area contributed by atoms with E-state index in [9.17, 15) is 24.1 Å². The lowest BCUT2D eigenvalue weighted by Crippen LogP contribution is -2.17. The Bertz CT molecular complexity index is 840. The first-order valence-corrected chi connectivity index (χ1v) is 7.51. The first kappa shape index (κ1) is 19.0. The standard InChI is InChI=1S/C17H15FN2O6/c18-12-3-1-2-11(8-12)16(22)10-26-17(23)14-9-13(20(24)25)4-5-15(14)19-6-7-21/h1-5,8-9,19,21H,6-7,10H2. The second-order valence-electron chi connectivity index (χ2n) is 5.15. The van der Waals surface area contributed by atoms with Gasteiger partial charge in [0.2, 0.25) is 0 Å². The van der Waals surface area contributed by atoms with Crippen LogP contribution in [0.25, 0.3) is 0 Å². The zero-order valence-electron chi connectivity index (χ0n) is 13.5. The number of non-ortho nitro benzene ring substituents is 1. The van der Waals surface area contributed by atoms with E-state index in [4.69, 9.17) is 9.84 Å². The zero-order chi connectivity index (χ0) is 19.1. The number of hydrogen-bond donors (Lipinski definition) is 2. The number of benzene rings is 2. The molecule has 9 heteroatoms. The molecule has 0 bridgehead atoms. The number of carbonyl (C=O) groups excluding carboxylic acids is 2. The van der Waals surface area contributed by atoms with Crippen molar-refractivity contribution in [3.05, 3.63) is 69.5 Å². The Morgan fingerprint density at radius 2 is 2.00 bits per heavy atom. The van der Waals surface area contributed by atoms with Crippen LogP contribution in [0.1, 0.15) is 20.7 Å². The van der Waals surface area contributed by atoms with E-state index in [1.807, 2.05) is 0 Å². The molecule has 0 spiro atoms. The van der Waals surface area contributed by atoms with Crippen LogP contribution in [-0.4, -0.2) is 41.5 Å². The summed E-state index contributed by atoms with van der Waals surface area (Å²) in [7, 11) is 0. The number of nitrogens with zero attached hydrogens (tertiary/aromatic N) is 1. The third-order valence-electron chi connectivity index (χ3n) is 3.34. The topological polar surface area (TPSA) is 119 Å². The lowest BCUT2D eigenvalue weighted by molar-refractivity contribution is -0.384. The van der Waals surface area contributed by atoms with Gasteiger partial charge in [-0.2, -0.15) is 0 Å². The second-order valence-corrected chi connectivity index (χ2v) is 5.15. The molecule has 136 valence electrons. The molecule has 8 nitrogen and oxygen atoms in total. The number of aliphatic hydroxyl groups is 1.